The molecule has 0 aromatic carbocycles. The largest absolute Gasteiger partial charge is 0.481 e. The highest BCUT2D eigenvalue weighted by Crippen LogP contribution is 2.14. The van der Waals surface area contributed by atoms with Crippen LogP contribution < -0.4 is 5.32 Å². The van der Waals surface area contributed by atoms with Crippen molar-refractivity contribution in [1.29, 1.82) is 0 Å². The molecule has 0 fully saturated rings. The Morgan fingerprint density at radius 2 is 2.30 bits per heavy atom. The fourth-order valence-electron chi connectivity index (χ4n) is 2.09. The van der Waals surface area contributed by atoms with Gasteiger partial charge in [0.25, 0.3) is 5.91 Å². The second kappa shape index (κ2) is 7.91. The maximum atomic E-state index is 12.2. The lowest BCUT2D eigenvalue weighted by molar-refractivity contribution is -0.138. The molecule has 2 heterocycles. The van der Waals surface area contributed by atoms with Crippen molar-refractivity contribution in [1.82, 2.24) is 5.32 Å². The molecule has 0 aliphatic carbocycles. The molecule has 8 nitrogen and oxygen atoms in total. The molecule has 1 amide bonds. The molecule has 1 aromatic rings. The molecule has 1 aromatic heterocycles. The third kappa shape index (κ3) is 4.65. The summed E-state index contributed by atoms with van der Waals surface area (Å²) in [4.78, 5) is 23.4. The van der Waals surface area contributed by atoms with Gasteiger partial charge in [0.15, 0.2) is 5.71 Å². The standard InChI is InChI=1S/C13H15BN2O6S/c17-11(18)7-8-3-1-5-10(14(20)22-8)15-13(19)12(16-21)9-4-2-6-23-9/h1-4,6,8,10,20-21H,5,7H2,(H,15,19)(H,17,18)/b16-12+/t8-,10+/m1/s1. The van der Waals surface area contributed by atoms with E-state index in [4.69, 9.17) is 15.0 Å². The number of rotatable bonds is 5. The van der Waals surface area contributed by atoms with Crippen molar-refractivity contribution in [2.75, 3.05) is 0 Å². The summed E-state index contributed by atoms with van der Waals surface area (Å²) in [6, 6.07) is 3.34. The second-order valence-corrected chi connectivity index (χ2v) is 5.78. The summed E-state index contributed by atoms with van der Waals surface area (Å²) in [5.41, 5.74) is -0.164. The smallest absolute Gasteiger partial charge is 0.478 e. The van der Waals surface area contributed by atoms with E-state index in [1.165, 1.54) is 17.4 Å². The first-order valence-corrected chi connectivity index (χ1v) is 7.68. The zero-order valence-corrected chi connectivity index (χ0v) is 12.8. The van der Waals surface area contributed by atoms with Gasteiger partial charge in [-0.05, 0) is 17.9 Å². The number of amides is 1. The maximum absolute atomic E-state index is 12.2. The first-order chi connectivity index (χ1) is 11.0. The Bertz CT molecular complexity index is 618. The van der Waals surface area contributed by atoms with E-state index in [2.05, 4.69) is 10.5 Å². The van der Waals surface area contributed by atoms with Crippen LogP contribution in [0.5, 0.6) is 0 Å². The average molecular weight is 338 g/mol. The quantitative estimate of drug-likeness (QED) is 0.200. The maximum Gasteiger partial charge on any atom is 0.478 e. The number of carbonyl (C=O) groups excluding carboxylic acids is 1. The molecule has 4 N–H and O–H groups in total. The van der Waals surface area contributed by atoms with Crippen LogP contribution in [0.2, 0.25) is 0 Å². The van der Waals surface area contributed by atoms with E-state index in [9.17, 15) is 14.6 Å². The summed E-state index contributed by atoms with van der Waals surface area (Å²) < 4.78 is 5.21. The Balaban J connectivity index is 2.01. The number of hydrogen-bond acceptors (Lipinski definition) is 7. The van der Waals surface area contributed by atoms with Crippen LogP contribution in [0, 0.1) is 0 Å². The number of aliphatic carboxylic acids is 1. The monoisotopic (exact) mass is 338 g/mol. The summed E-state index contributed by atoms with van der Waals surface area (Å²) in [6.07, 6.45) is 2.37. The van der Waals surface area contributed by atoms with E-state index in [1.807, 2.05) is 0 Å². The molecular weight excluding hydrogens is 323 g/mol. The number of nitrogens with zero attached hydrogens (tertiary/aromatic N) is 1. The van der Waals surface area contributed by atoms with Crippen molar-refractivity contribution in [2.24, 2.45) is 5.16 Å². The van der Waals surface area contributed by atoms with Gasteiger partial charge < -0.3 is 25.3 Å². The predicted molar refractivity (Wildman–Crippen MR) is 83.4 cm³/mol. The highest BCUT2D eigenvalue weighted by Gasteiger charge is 2.33. The lowest BCUT2D eigenvalue weighted by Gasteiger charge is -2.20. The number of nitrogens with one attached hydrogen (secondary N) is 1. The first-order valence-electron chi connectivity index (χ1n) is 6.80. The summed E-state index contributed by atoms with van der Waals surface area (Å²) in [5.74, 6) is -2.50. The van der Waals surface area contributed by atoms with Crippen molar-refractivity contribution in [2.45, 2.75) is 24.9 Å². The Morgan fingerprint density at radius 3 is 2.91 bits per heavy atom. The summed E-state index contributed by atoms with van der Waals surface area (Å²) >= 11 is 1.23. The summed E-state index contributed by atoms with van der Waals surface area (Å²) in [5, 5.41) is 35.0. The third-order valence-electron chi connectivity index (χ3n) is 3.16. The third-order valence-corrected chi connectivity index (χ3v) is 4.04. The van der Waals surface area contributed by atoms with Crippen LogP contribution >= 0.6 is 11.3 Å². The minimum absolute atomic E-state index is 0.164. The predicted octanol–water partition coefficient (Wildman–Crippen LogP) is 0.251. The molecule has 0 radical (unpaired) electrons. The molecule has 0 spiro atoms. The van der Waals surface area contributed by atoms with Crippen molar-refractivity contribution in [3.05, 3.63) is 34.5 Å². The van der Waals surface area contributed by atoms with E-state index in [1.54, 1.807) is 23.6 Å². The van der Waals surface area contributed by atoms with Crippen molar-refractivity contribution < 1.29 is 29.6 Å². The molecule has 0 bridgehead atoms. The van der Waals surface area contributed by atoms with Gasteiger partial charge >= 0.3 is 13.1 Å². The number of oxime groups is 1. The Morgan fingerprint density at radius 1 is 1.52 bits per heavy atom. The van der Waals surface area contributed by atoms with Crippen LogP contribution in [-0.4, -0.2) is 52.1 Å². The SMILES string of the molecule is O=C(O)C[C@H]1C=CC[C@H](NC(=O)/C(=N/O)c2cccs2)B(O)O1. The van der Waals surface area contributed by atoms with E-state index in [0.29, 0.717) is 4.88 Å². The van der Waals surface area contributed by atoms with Gasteiger partial charge in [-0.2, -0.15) is 0 Å². The summed E-state index contributed by atoms with van der Waals surface area (Å²) in [7, 11) is -1.37. The first kappa shape index (κ1) is 17.2. The molecule has 1 aliphatic rings. The van der Waals surface area contributed by atoms with Gasteiger partial charge in [-0.25, -0.2) is 0 Å². The minimum atomic E-state index is -1.37. The van der Waals surface area contributed by atoms with Crippen molar-refractivity contribution >= 4 is 36.0 Å². The summed E-state index contributed by atoms with van der Waals surface area (Å²) in [6.45, 7) is 0. The molecule has 10 heteroatoms. The molecule has 1 aliphatic heterocycles. The van der Waals surface area contributed by atoms with E-state index >= 15 is 0 Å². The fourth-order valence-corrected chi connectivity index (χ4v) is 2.79. The Hall–Kier alpha value is -2.17. The topological polar surface area (TPSA) is 128 Å². The number of carboxylic acid groups (broad SMARTS) is 1. The van der Waals surface area contributed by atoms with Gasteiger partial charge in [0.05, 0.1) is 23.3 Å². The van der Waals surface area contributed by atoms with Crippen LogP contribution in [0.4, 0.5) is 0 Å². The molecule has 122 valence electrons. The van der Waals surface area contributed by atoms with Crippen molar-refractivity contribution in [3.63, 3.8) is 0 Å². The van der Waals surface area contributed by atoms with Gasteiger partial charge in [-0.3, -0.25) is 9.59 Å². The lowest BCUT2D eigenvalue weighted by atomic mass is 9.77. The van der Waals surface area contributed by atoms with Gasteiger partial charge in [-0.1, -0.05) is 23.4 Å². The van der Waals surface area contributed by atoms with Crippen LogP contribution in [0.15, 0.2) is 34.8 Å². The van der Waals surface area contributed by atoms with Crippen LogP contribution in [0.1, 0.15) is 17.7 Å². The normalized spacial score (nSPS) is 21.8. The molecule has 0 unspecified atom stereocenters. The zero-order valence-electron chi connectivity index (χ0n) is 12.0. The molecule has 0 saturated carbocycles. The minimum Gasteiger partial charge on any atom is -0.481 e. The van der Waals surface area contributed by atoms with E-state index in [0.717, 1.165) is 0 Å². The number of carboxylic acids is 1. The van der Waals surface area contributed by atoms with E-state index < -0.39 is 31.0 Å². The van der Waals surface area contributed by atoms with Crippen LogP contribution in [-0.2, 0) is 14.2 Å². The Kier molecular flexibility index (Phi) is 5.91. The lowest BCUT2D eigenvalue weighted by Crippen LogP contribution is -2.50. The molecule has 23 heavy (non-hydrogen) atoms. The number of carbonyl (C=O) groups is 2. The molecule has 2 atom stereocenters. The van der Waals surface area contributed by atoms with Gasteiger partial charge in [0.1, 0.15) is 0 Å². The Labute approximate surface area is 136 Å². The number of thiophene rings is 1. The van der Waals surface area contributed by atoms with Crippen molar-refractivity contribution in [3.8, 4) is 0 Å². The van der Waals surface area contributed by atoms with E-state index in [-0.39, 0.29) is 18.6 Å². The number of hydrogen-bond donors (Lipinski definition) is 4. The van der Waals surface area contributed by atoms with Crippen LogP contribution in [0.25, 0.3) is 0 Å². The highest BCUT2D eigenvalue weighted by atomic mass is 32.1. The second-order valence-electron chi connectivity index (χ2n) is 4.83. The average Bonchev–Trinajstić information content (AvgIpc) is 2.94. The zero-order chi connectivity index (χ0) is 16.8. The van der Waals surface area contributed by atoms with Gasteiger partial charge in [0, 0.05) is 0 Å². The van der Waals surface area contributed by atoms with Gasteiger partial charge in [-0.15, -0.1) is 11.3 Å². The molecular formula is C13H15BN2O6S. The fraction of sp³-hybridized carbons (Fsp3) is 0.308. The molecule has 0 saturated heterocycles. The highest BCUT2D eigenvalue weighted by molar-refractivity contribution is 7.13. The molecule has 2 rings (SSSR count). The van der Waals surface area contributed by atoms with Crippen LogP contribution in [0.3, 0.4) is 0 Å². The van der Waals surface area contributed by atoms with Gasteiger partial charge in [0.2, 0.25) is 0 Å².